The molecule has 3 heteroatoms. The fourth-order valence-corrected chi connectivity index (χ4v) is 1.60. The number of nitrogens with one attached hydrogen (secondary N) is 1. The first-order chi connectivity index (χ1) is 5.86. The highest BCUT2D eigenvalue weighted by molar-refractivity contribution is 4.97. The van der Waals surface area contributed by atoms with E-state index in [9.17, 15) is 0 Å². The number of oxazole rings is 1. The summed E-state index contributed by atoms with van der Waals surface area (Å²) in [5, 5.41) is 3.39. The lowest BCUT2D eigenvalue weighted by Gasteiger charge is -2.20. The van der Waals surface area contributed by atoms with Crippen molar-refractivity contribution in [1.29, 1.82) is 0 Å². The standard InChI is InChI=1S/C9H14N2O/c1-7-6-11-9(12-7)8-4-2-3-5-10-8/h6,8,10H,2-5H2,1H3. The van der Waals surface area contributed by atoms with E-state index in [2.05, 4.69) is 10.3 Å². The zero-order valence-electron chi connectivity index (χ0n) is 7.34. The van der Waals surface area contributed by atoms with Crippen LogP contribution in [0.2, 0.25) is 0 Å². The molecule has 3 nitrogen and oxygen atoms in total. The van der Waals surface area contributed by atoms with Crippen LogP contribution in [-0.2, 0) is 0 Å². The second kappa shape index (κ2) is 3.27. The van der Waals surface area contributed by atoms with E-state index in [1.807, 2.05) is 6.92 Å². The first kappa shape index (κ1) is 7.80. The molecule has 2 rings (SSSR count). The maximum atomic E-state index is 5.45. The van der Waals surface area contributed by atoms with Crippen LogP contribution in [0.25, 0.3) is 0 Å². The average molecular weight is 166 g/mol. The number of nitrogens with zero attached hydrogens (tertiary/aromatic N) is 1. The van der Waals surface area contributed by atoms with Gasteiger partial charge in [-0.25, -0.2) is 4.98 Å². The van der Waals surface area contributed by atoms with Gasteiger partial charge in [0.05, 0.1) is 12.2 Å². The van der Waals surface area contributed by atoms with E-state index in [-0.39, 0.29) is 0 Å². The molecule has 1 aliphatic heterocycles. The summed E-state index contributed by atoms with van der Waals surface area (Å²) < 4.78 is 5.45. The molecule has 1 aromatic rings. The Morgan fingerprint density at radius 2 is 2.50 bits per heavy atom. The Morgan fingerprint density at radius 1 is 1.58 bits per heavy atom. The molecule has 0 spiro atoms. The maximum absolute atomic E-state index is 5.45. The monoisotopic (exact) mass is 166 g/mol. The van der Waals surface area contributed by atoms with E-state index < -0.39 is 0 Å². The van der Waals surface area contributed by atoms with Gasteiger partial charge in [-0.2, -0.15) is 0 Å². The Labute approximate surface area is 72.2 Å². The molecule has 0 aliphatic carbocycles. The van der Waals surface area contributed by atoms with E-state index in [1.54, 1.807) is 6.20 Å². The molecule has 1 aromatic heterocycles. The Bertz CT molecular complexity index is 251. The van der Waals surface area contributed by atoms with Crippen LogP contribution in [-0.4, -0.2) is 11.5 Å². The largest absolute Gasteiger partial charge is 0.444 e. The molecule has 2 heterocycles. The minimum Gasteiger partial charge on any atom is -0.444 e. The third-order valence-electron chi connectivity index (χ3n) is 2.25. The zero-order chi connectivity index (χ0) is 8.39. The molecule has 1 saturated heterocycles. The Morgan fingerprint density at radius 3 is 3.08 bits per heavy atom. The number of hydrogen-bond acceptors (Lipinski definition) is 3. The van der Waals surface area contributed by atoms with E-state index >= 15 is 0 Å². The fourth-order valence-electron chi connectivity index (χ4n) is 1.60. The summed E-state index contributed by atoms with van der Waals surface area (Å²) in [6.07, 6.45) is 5.49. The number of piperidine rings is 1. The van der Waals surface area contributed by atoms with Crippen molar-refractivity contribution >= 4 is 0 Å². The van der Waals surface area contributed by atoms with Crippen LogP contribution in [0.4, 0.5) is 0 Å². The van der Waals surface area contributed by atoms with Crippen LogP contribution in [0, 0.1) is 6.92 Å². The number of aryl methyl sites for hydroxylation is 1. The molecular formula is C9H14N2O. The molecule has 0 aromatic carbocycles. The summed E-state index contributed by atoms with van der Waals surface area (Å²) in [7, 11) is 0. The van der Waals surface area contributed by atoms with Gasteiger partial charge in [-0.05, 0) is 26.3 Å². The summed E-state index contributed by atoms with van der Waals surface area (Å²) in [4.78, 5) is 4.21. The first-order valence-corrected chi connectivity index (χ1v) is 4.52. The average Bonchev–Trinajstić information content (AvgIpc) is 2.54. The SMILES string of the molecule is Cc1cnc(C2CCCCN2)o1. The fraction of sp³-hybridized carbons (Fsp3) is 0.667. The molecular weight excluding hydrogens is 152 g/mol. The summed E-state index contributed by atoms with van der Waals surface area (Å²) >= 11 is 0. The van der Waals surface area contributed by atoms with Gasteiger partial charge in [0, 0.05) is 0 Å². The predicted octanol–water partition coefficient (Wildman–Crippen LogP) is 1.80. The van der Waals surface area contributed by atoms with Gasteiger partial charge < -0.3 is 9.73 Å². The van der Waals surface area contributed by atoms with Gasteiger partial charge in [0.1, 0.15) is 5.76 Å². The van der Waals surface area contributed by atoms with Gasteiger partial charge in [0.2, 0.25) is 5.89 Å². The van der Waals surface area contributed by atoms with Crippen molar-refractivity contribution in [2.75, 3.05) is 6.54 Å². The molecule has 1 aliphatic rings. The number of hydrogen-bond donors (Lipinski definition) is 1. The predicted molar refractivity (Wildman–Crippen MR) is 45.8 cm³/mol. The molecule has 12 heavy (non-hydrogen) atoms. The molecule has 1 fully saturated rings. The number of rotatable bonds is 1. The molecule has 1 N–H and O–H groups in total. The molecule has 0 amide bonds. The highest BCUT2D eigenvalue weighted by Crippen LogP contribution is 2.21. The van der Waals surface area contributed by atoms with Crippen molar-refractivity contribution in [3.8, 4) is 0 Å². The quantitative estimate of drug-likeness (QED) is 0.691. The minimum atomic E-state index is 0.354. The van der Waals surface area contributed by atoms with Crippen LogP contribution in [0.5, 0.6) is 0 Å². The van der Waals surface area contributed by atoms with Crippen LogP contribution < -0.4 is 5.32 Å². The van der Waals surface area contributed by atoms with Gasteiger partial charge >= 0.3 is 0 Å². The number of aromatic nitrogens is 1. The Hall–Kier alpha value is -0.830. The van der Waals surface area contributed by atoms with Gasteiger partial charge in [0.25, 0.3) is 0 Å². The van der Waals surface area contributed by atoms with Crippen molar-refractivity contribution in [2.24, 2.45) is 0 Å². The molecule has 1 unspecified atom stereocenters. The topological polar surface area (TPSA) is 38.1 Å². The second-order valence-electron chi connectivity index (χ2n) is 3.31. The molecule has 66 valence electrons. The van der Waals surface area contributed by atoms with Gasteiger partial charge in [-0.1, -0.05) is 6.42 Å². The van der Waals surface area contributed by atoms with Crippen molar-refractivity contribution in [3.63, 3.8) is 0 Å². The molecule has 0 radical (unpaired) electrons. The lowest BCUT2D eigenvalue weighted by molar-refractivity contribution is 0.333. The van der Waals surface area contributed by atoms with E-state index in [1.165, 1.54) is 12.8 Å². The second-order valence-corrected chi connectivity index (χ2v) is 3.31. The summed E-state index contributed by atoms with van der Waals surface area (Å²) in [6, 6.07) is 0.354. The normalized spacial score (nSPS) is 24.2. The Balaban J connectivity index is 2.08. The van der Waals surface area contributed by atoms with Crippen molar-refractivity contribution < 1.29 is 4.42 Å². The zero-order valence-corrected chi connectivity index (χ0v) is 7.34. The van der Waals surface area contributed by atoms with Crippen LogP contribution in [0.3, 0.4) is 0 Å². The minimum absolute atomic E-state index is 0.354. The lowest BCUT2D eigenvalue weighted by Crippen LogP contribution is -2.26. The maximum Gasteiger partial charge on any atom is 0.211 e. The summed E-state index contributed by atoms with van der Waals surface area (Å²) in [5.41, 5.74) is 0. The van der Waals surface area contributed by atoms with E-state index in [4.69, 9.17) is 4.42 Å². The lowest BCUT2D eigenvalue weighted by atomic mass is 10.1. The van der Waals surface area contributed by atoms with E-state index in [0.29, 0.717) is 6.04 Å². The van der Waals surface area contributed by atoms with Crippen LogP contribution in [0.15, 0.2) is 10.6 Å². The highest BCUT2D eigenvalue weighted by atomic mass is 16.4. The molecule has 1 atom stereocenters. The molecule has 0 bridgehead atoms. The van der Waals surface area contributed by atoms with E-state index in [0.717, 1.165) is 24.6 Å². The Kier molecular flexibility index (Phi) is 2.13. The highest BCUT2D eigenvalue weighted by Gasteiger charge is 2.18. The third kappa shape index (κ3) is 1.50. The smallest absolute Gasteiger partial charge is 0.211 e. The van der Waals surface area contributed by atoms with Gasteiger partial charge in [0.15, 0.2) is 0 Å². The van der Waals surface area contributed by atoms with Crippen LogP contribution in [0.1, 0.15) is 37.0 Å². The first-order valence-electron chi connectivity index (χ1n) is 4.52. The van der Waals surface area contributed by atoms with Gasteiger partial charge in [-0.15, -0.1) is 0 Å². The van der Waals surface area contributed by atoms with Crippen molar-refractivity contribution in [3.05, 3.63) is 17.8 Å². The van der Waals surface area contributed by atoms with Crippen molar-refractivity contribution in [2.45, 2.75) is 32.2 Å². The van der Waals surface area contributed by atoms with Gasteiger partial charge in [-0.3, -0.25) is 0 Å². The van der Waals surface area contributed by atoms with Crippen LogP contribution >= 0.6 is 0 Å². The van der Waals surface area contributed by atoms with Crippen molar-refractivity contribution in [1.82, 2.24) is 10.3 Å². The third-order valence-corrected chi connectivity index (χ3v) is 2.25. The molecule has 0 saturated carbocycles. The summed E-state index contributed by atoms with van der Waals surface area (Å²) in [6.45, 7) is 3.02. The summed E-state index contributed by atoms with van der Waals surface area (Å²) in [5.74, 6) is 1.75.